The zero-order valence-electron chi connectivity index (χ0n) is 11.3. The highest BCUT2D eigenvalue weighted by atomic mass is 16.6. The molecule has 0 aromatic heterocycles. The Kier molecular flexibility index (Phi) is 4.50. The van der Waals surface area contributed by atoms with Crippen LogP contribution in [0.15, 0.2) is 48.5 Å². The van der Waals surface area contributed by atoms with E-state index < -0.39 is 10.9 Å². The Morgan fingerprint density at radius 1 is 1.19 bits per heavy atom. The van der Waals surface area contributed by atoms with Crippen LogP contribution < -0.4 is 4.74 Å². The molecular weight excluding hydrogens is 274 g/mol. The molecule has 0 spiro atoms. The molecule has 0 heterocycles. The number of nitro benzene ring substituents is 1. The molecule has 0 radical (unpaired) electrons. The van der Waals surface area contributed by atoms with Gasteiger partial charge in [-0.15, -0.1) is 0 Å². The number of nitro groups is 1. The summed E-state index contributed by atoms with van der Waals surface area (Å²) >= 11 is 0. The van der Waals surface area contributed by atoms with Gasteiger partial charge in [-0.3, -0.25) is 10.1 Å². The predicted octanol–water partition coefficient (Wildman–Crippen LogP) is 2.96. The van der Waals surface area contributed by atoms with Gasteiger partial charge in [-0.1, -0.05) is 30.3 Å². The zero-order valence-corrected chi connectivity index (χ0v) is 11.3. The Morgan fingerprint density at radius 3 is 2.52 bits per heavy atom. The van der Waals surface area contributed by atoms with Gasteiger partial charge in [-0.25, -0.2) is 4.79 Å². The molecule has 21 heavy (non-hydrogen) atoms. The molecule has 0 aliphatic rings. The molecule has 2 rings (SSSR count). The standard InChI is InChI=1S/C15H13NO5/c1-20-14-9-12(7-8-13(14)16(18)19)15(17)21-10-11-5-3-2-4-6-11/h2-9H,10H2,1H3. The maximum Gasteiger partial charge on any atom is 0.338 e. The minimum Gasteiger partial charge on any atom is -0.490 e. The van der Waals surface area contributed by atoms with E-state index in [4.69, 9.17) is 9.47 Å². The van der Waals surface area contributed by atoms with Gasteiger partial charge in [-0.2, -0.15) is 0 Å². The van der Waals surface area contributed by atoms with Crippen molar-refractivity contribution in [2.75, 3.05) is 7.11 Å². The summed E-state index contributed by atoms with van der Waals surface area (Å²) < 4.78 is 10.1. The lowest BCUT2D eigenvalue weighted by Crippen LogP contribution is -2.06. The fourth-order valence-electron chi connectivity index (χ4n) is 1.76. The van der Waals surface area contributed by atoms with Gasteiger partial charge in [-0.05, 0) is 11.6 Å². The van der Waals surface area contributed by atoms with Gasteiger partial charge in [0.25, 0.3) is 0 Å². The van der Waals surface area contributed by atoms with E-state index in [1.807, 2.05) is 30.3 Å². The Hall–Kier alpha value is -2.89. The van der Waals surface area contributed by atoms with E-state index in [0.29, 0.717) is 0 Å². The highest BCUT2D eigenvalue weighted by Crippen LogP contribution is 2.27. The van der Waals surface area contributed by atoms with Gasteiger partial charge in [0, 0.05) is 12.1 Å². The molecule has 0 unspecified atom stereocenters. The van der Waals surface area contributed by atoms with E-state index >= 15 is 0 Å². The van der Waals surface area contributed by atoms with E-state index in [0.717, 1.165) is 5.56 Å². The van der Waals surface area contributed by atoms with Gasteiger partial charge in [0.2, 0.25) is 0 Å². The van der Waals surface area contributed by atoms with Crippen molar-refractivity contribution < 1.29 is 19.2 Å². The van der Waals surface area contributed by atoms with Gasteiger partial charge in [0.05, 0.1) is 17.6 Å². The summed E-state index contributed by atoms with van der Waals surface area (Å²) in [5, 5.41) is 10.8. The molecule has 0 fully saturated rings. The predicted molar refractivity (Wildman–Crippen MR) is 75.2 cm³/mol. The number of rotatable bonds is 5. The first-order chi connectivity index (χ1) is 10.1. The SMILES string of the molecule is COc1cc(C(=O)OCc2ccccc2)ccc1[N+](=O)[O-]. The molecule has 108 valence electrons. The summed E-state index contributed by atoms with van der Waals surface area (Å²) in [6, 6.07) is 13.1. The molecular formula is C15H13NO5. The van der Waals surface area contributed by atoms with Crippen molar-refractivity contribution in [2.45, 2.75) is 6.61 Å². The number of hydrogen-bond donors (Lipinski definition) is 0. The lowest BCUT2D eigenvalue weighted by atomic mass is 10.2. The van der Waals surface area contributed by atoms with Crippen LogP contribution in [0.3, 0.4) is 0 Å². The third kappa shape index (κ3) is 3.56. The van der Waals surface area contributed by atoms with E-state index in [1.54, 1.807) is 0 Å². The first-order valence-electron chi connectivity index (χ1n) is 6.15. The molecule has 2 aromatic carbocycles. The number of hydrogen-bond acceptors (Lipinski definition) is 5. The monoisotopic (exact) mass is 287 g/mol. The van der Waals surface area contributed by atoms with Crippen LogP contribution in [0, 0.1) is 10.1 Å². The summed E-state index contributed by atoms with van der Waals surface area (Å²) in [7, 11) is 1.31. The van der Waals surface area contributed by atoms with Crippen LogP contribution in [0.4, 0.5) is 5.69 Å². The minimum absolute atomic E-state index is 0.0224. The molecule has 0 saturated carbocycles. The summed E-state index contributed by atoms with van der Waals surface area (Å²) in [4.78, 5) is 22.1. The normalized spacial score (nSPS) is 9.95. The van der Waals surface area contributed by atoms with Crippen LogP contribution in [0.2, 0.25) is 0 Å². The molecule has 0 bridgehead atoms. The summed E-state index contributed by atoms with van der Waals surface area (Å²) in [5.74, 6) is -0.541. The van der Waals surface area contributed by atoms with Crippen molar-refractivity contribution in [2.24, 2.45) is 0 Å². The zero-order chi connectivity index (χ0) is 15.2. The number of carbonyl (C=O) groups is 1. The lowest BCUT2D eigenvalue weighted by Gasteiger charge is -2.07. The van der Waals surface area contributed by atoms with Crippen LogP contribution >= 0.6 is 0 Å². The topological polar surface area (TPSA) is 78.7 Å². The van der Waals surface area contributed by atoms with Gasteiger partial charge in [0.15, 0.2) is 5.75 Å². The Balaban J connectivity index is 2.11. The molecule has 0 atom stereocenters. The van der Waals surface area contributed by atoms with Crippen LogP contribution in [0.5, 0.6) is 5.75 Å². The third-order valence-corrected chi connectivity index (χ3v) is 2.82. The molecule has 2 aromatic rings. The minimum atomic E-state index is -0.572. The summed E-state index contributed by atoms with van der Waals surface area (Å²) in [6.45, 7) is 0.138. The van der Waals surface area contributed by atoms with E-state index in [-0.39, 0.29) is 23.6 Å². The fourth-order valence-corrected chi connectivity index (χ4v) is 1.76. The van der Waals surface area contributed by atoms with Crippen molar-refractivity contribution in [1.82, 2.24) is 0 Å². The molecule has 0 saturated heterocycles. The number of ether oxygens (including phenoxy) is 2. The molecule has 0 N–H and O–H groups in total. The quantitative estimate of drug-likeness (QED) is 0.480. The van der Waals surface area contributed by atoms with E-state index in [2.05, 4.69) is 0 Å². The summed E-state index contributed by atoms with van der Waals surface area (Å²) in [6.07, 6.45) is 0. The second-order valence-corrected chi connectivity index (χ2v) is 4.21. The largest absolute Gasteiger partial charge is 0.490 e. The second-order valence-electron chi connectivity index (χ2n) is 4.21. The Morgan fingerprint density at radius 2 is 1.90 bits per heavy atom. The van der Waals surface area contributed by atoms with Gasteiger partial charge >= 0.3 is 11.7 Å². The fraction of sp³-hybridized carbons (Fsp3) is 0.133. The van der Waals surface area contributed by atoms with Crippen LogP contribution in [-0.4, -0.2) is 18.0 Å². The van der Waals surface area contributed by atoms with Gasteiger partial charge in [0.1, 0.15) is 6.61 Å². The first-order valence-corrected chi connectivity index (χ1v) is 6.15. The molecule has 0 aliphatic carbocycles. The Labute approximate surface area is 121 Å². The van der Waals surface area contributed by atoms with Crippen LogP contribution in [0.1, 0.15) is 15.9 Å². The molecule has 6 nitrogen and oxygen atoms in total. The summed E-state index contributed by atoms with van der Waals surface area (Å²) in [5.41, 5.74) is 0.866. The molecule has 0 aliphatic heterocycles. The average molecular weight is 287 g/mol. The van der Waals surface area contributed by atoms with Crippen molar-refractivity contribution in [3.63, 3.8) is 0 Å². The van der Waals surface area contributed by atoms with Crippen molar-refractivity contribution in [3.8, 4) is 5.75 Å². The van der Waals surface area contributed by atoms with Gasteiger partial charge < -0.3 is 9.47 Å². The van der Waals surface area contributed by atoms with E-state index in [1.165, 1.54) is 25.3 Å². The highest BCUT2D eigenvalue weighted by Gasteiger charge is 2.18. The van der Waals surface area contributed by atoms with Crippen molar-refractivity contribution in [1.29, 1.82) is 0 Å². The average Bonchev–Trinajstić information content (AvgIpc) is 2.52. The number of carbonyl (C=O) groups excluding carboxylic acids is 1. The second kappa shape index (κ2) is 6.51. The maximum absolute atomic E-state index is 11.9. The lowest BCUT2D eigenvalue weighted by molar-refractivity contribution is -0.385. The molecule has 0 amide bonds. The smallest absolute Gasteiger partial charge is 0.338 e. The Bertz CT molecular complexity index is 654. The van der Waals surface area contributed by atoms with E-state index in [9.17, 15) is 14.9 Å². The highest BCUT2D eigenvalue weighted by molar-refractivity contribution is 5.90. The first kappa shape index (κ1) is 14.5. The number of benzene rings is 2. The molecule has 6 heteroatoms. The number of nitrogens with zero attached hydrogens (tertiary/aromatic N) is 1. The number of esters is 1. The maximum atomic E-state index is 11.9. The third-order valence-electron chi connectivity index (χ3n) is 2.82. The van der Waals surface area contributed by atoms with Crippen LogP contribution in [-0.2, 0) is 11.3 Å². The van der Waals surface area contributed by atoms with Crippen molar-refractivity contribution >= 4 is 11.7 Å². The number of methoxy groups -OCH3 is 1. The van der Waals surface area contributed by atoms with Crippen molar-refractivity contribution in [3.05, 3.63) is 69.8 Å². The van der Waals surface area contributed by atoms with Crippen LogP contribution in [0.25, 0.3) is 0 Å².